The van der Waals surface area contributed by atoms with Gasteiger partial charge in [0.05, 0.1) is 20.4 Å². The van der Waals surface area contributed by atoms with Crippen molar-refractivity contribution in [1.82, 2.24) is 5.43 Å². The number of ether oxygens (including phenoxy) is 2. The predicted molar refractivity (Wildman–Crippen MR) is 86.1 cm³/mol. The molecule has 0 atom stereocenters. The maximum absolute atomic E-state index is 12.0. The van der Waals surface area contributed by atoms with E-state index < -0.39 is 0 Å². The molecular weight excluding hydrogens is 304 g/mol. The zero-order chi connectivity index (χ0) is 15.9. The molecule has 0 aliphatic rings. The number of hydrogen-bond acceptors (Lipinski definition) is 4. The molecule has 5 nitrogen and oxygen atoms in total. The Kier molecular flexibility index (Phi) is 5.38. The van der Waals surface area contributed by atoms with Crippen LogP contribution in [0.5, 0.6) is 11.5 Å². The minimum Gasteiger partial charge on any atom is -0.493 e. The summed E-state index contributed by atoms with van der Waals surface area (Å²) in [5, 5.41) is 4.51. The minimum atomic E-state index is -0.348. The molecule has 0 unspecified atom stereocenters. The Morgan fingerprint density at radius 1 is 1.14 bits per heavy atom. The Bertz CT molecular complexity index is 702. The summed E-state index contributed by atoms with van der Waals surface area (Å²) in [6.45, 7) is 0. The van der Waals surface area contributed by atoms with Crippen molar-refractivity contribution in [3.63, 3.8) is 0 Å². The second-order valence-electron chi connectivity index (χ2n) is 4.32. The van der Waals surface area contributed by atoms with Gasteiger partial charge in [-0.25, -0.2) is 5.43 Å². The lowest BCUT2D eigenvalue weighted by Gasteiger charge is -2.08. The third kappa shape index (κ3) is 3.99. The van der Waals surface area contributed by atoms with Crippen molar-refractivity contribution < 1.29 is 14.3 Å². The Morgan fingerprint density at radius 2 is 1.91 bits per heavy atom. The molecule has 0 bridgehead atoms. The summed E-state index contributed by atoms with van der Waals surface area (Å²) in [6, 6.07) is 12.0. The molecular formula is C16H15ClN2O3. The molecule has 22 heavy (non-hydrogen) atoms. The molecule has 2 aromatic carbocycles. The fourth-order valence-corrected chi connectivity index (χ4v) is 1.99. The van der Waals surface area contributed by atoms with E-state index in [1.54, 1.807) is 36.4 Å². The topological polar surface area (TPSA) is 59.9 Å². The van der Waals surface area contributed by atoms with Gasteiger partial charge in [0.1, 0.15) is 0 Å². The molecule has 0 aliphatic heterocycles. The van der Waals surface area contributed by atoms with Crippen LogP contribution in [0.25, 0.3) is 0 Å². The first-order valence-corrected chi connectivity index (χ1v) is 6.83. The number of carbonyl (C=O) groups is 1. The van der Waals surface area contributed by atoms with E-state index in [2.05, 4.69) is 10.5 Å². The standard InChI is InChI=1S/C16H15ClN2O3/c1-21-14-7-6-12(9-15(14)22-2)16(20)19-18-10-11-4-3-5-13(17)8-11/h3-10H,1-2H3,(H,19,20)/b18-10-. The van der Waals surface area contributed by atoms with E-state index in [1.165, 1.54) is 20.4 Å². The number of amides is 1. The van der Waals surface area contributed by atoms with Gasteiger partial charge in [0.15, 0.2) is 11.5 Å². The highest BCUT2D eigenvalue weighted by Gasteiger charge is 2.09. The fraction of sp³-hybridized carbons (Fsp3) is 0.125. The maximum Gasteiger partial charge on any atom is 0.271 e. The Balaban J connectivity index is 2.06. The van der Waals surface area contributed by atoms with E-state index in [-0.39, 0.29) is 5.91 Å². The number of methoxy groups -OCH3 is 2. The number of hydrogen-bond donors (Lipinski definition) is 1. The van der Waals surface area contributed by atoms with E-state index in [1.807, 2.05) is 6.07 Å². The summed E-state index contributed by atoms with van der Waals surface area (Å²) in [7, 11) is 3.05. The van der Waals surface area contributed by atoms with E-state index >= 15 is 0 Å². The monoisotopic (exact) mass is 318 g/mol. The first kappa shape index (κ1) is 15.9. The maximum atomic E-state index is 12.0. The van der Waals surface area contributed by atoms with Crippen LogP contribution < -0.4 is 14.9 Å². The zero-order valence-corrected chi connectivity index (χ0v) is 12.9. The minimum absolute atomic E-state index is 0.348. The van der Waals surface area contributed by atoms with Crippen LogP contribution in [0.4, 0.5) is 0 Å². The van der Waals surface area contributed by atoms with E-state index in [9.17, 15) is 4.79 Å². The lowest BCUT2D eigenvalue weighted by Crippen LogP contribution is -2.17. The van der Waals surface area contributed by atoms with E-state index in [0.717, 1.165) is 5.56 Å². The molecule has 0 saturated heterocycles. The van der Waals surface area contributed by atoms with Crippen molar-refractivity contribution in [1.29, 1.82) is 0 Å². The average Bonchev–Trinajstić information content (AvgIpc) is 2.54. The van der Waals surface area contributed by atoms with Crippen molar-refractivity contribution in [3.05, 3.63) is 58.6 Å². The lowest BCUT2D eigenvalue weighted by atomic mass is 10.2. The van der Waals surface area contributed by atoms with Gasteiger partial charge in [0.2, 0.25) is 0 Å². The third-order valence-electron chi connectivity index (χ3n) is 2.87. The predicted octanol–water partition coefficient (Wildman–Crippen LogP) is 3.12. The van der Waals surface area contributed by atoms with Gasteiger partial charge in [-0.3, -0.25) is 4.79 Å². The summed E-state index contributed by atoms with van der Waals surface area (Å²) >= 11 is 5.87. The Labute approximate surface area is 133 Å². The molecule has 2 rings (SSSR count). The van der Waals surface area contributed by atoms with Gasteiger partial charge in [-0.2, -0.15) is 5.10 Å². The highest BCUT2D eigenvalue weighted by Crippen LogP contribution is 2.27. The molecule has 6 heteroatoms. The van der Waals surface area contributed by atoms with E-state index in [0.29, 0.717) is 22.1 Å². The number of halogens is 1. The Morgan fingerprint density at radius 3 is 2.59 bits per heavy atom. The summed E-state index contributed by atoms with van der Waals surface area (Å²) in [6.07, 6.45) is 1.52. The van der Waals surface area contributed by atoms with Gasteiger partial charge >= 0.3 is 0 Å². The quantitative estimate of drug-likeness (QED) is 0.680. The second-order valence-corrected chi connectivity index (χ2v) is 4.76. The summed E-state index contributed by atoms with van der Waals surface area (Å²) < 4.78 is 10.3. The lowest BCUT2D eigenvalue weighted by molar-refractivity contribution is 0.0954. The molecule has 0 aliphatic carbocycles. The molecule has 0 radical (unpaired) electrons. The second kappa shape index (κ2) is 7.47. The highest BCUT2D eigenvalue weighted by atomic mass is 35.5. The molecule has 0 heterocycles. The van der Waals surface area contributed by atoms with Crippen LogP contribution in [0.2, 0.25) is 5.02 Å². The van der Waals surface area contributed by atoms with Gasteiger partial charge < -0.3 is 9.47 Å². The average molecular weight is 319 g/mol. The van der Waals surface area contributed by atoms with Gasteiger partial charge in [-0.05, 0) is 35.9 Å². The summed E-state index contributed by atoms with van der Waals surface area (Å²) in [5.74, 6) is 0.690. The number of carbonyl (C=O) groups excluding carboxylic acids is 1. The zero-order valence-electron chi connectivity index (χ0n) is 12.2. The molecule has 0 saturated carbocycles. The molecule has 114 valence electrons. The number of hydrazone groups is 1. The van der Waals surface area contributed by atoms with Crippen molar-refractivity contribution in [2.24, 2.45) is 5.10 Å². The van der Waals surface area contributed by atoms with Gasteiger partial charge in [0, 0.05) is 10.6 Å². The SMILES string of the molecule is COc1ccc(C(=O)N/N=C\c2cccc(Cl)c2)cc1OC. The number of nitrogens with one attached hydrogen (secondary N) is 1. The molecule has 0 aromatic heterocycles. The van der Waals surface area contributed by atoms with Crippen LogP contribution in [0, 0.1) is 0 Å². The highest BCUT2D eigenvalue weighted by molar-refractivity contribution is 6.30. The third-order valence-corrected chi connectivity index (χ3v) is 3.11. The van der Waals surface area contributed by atoms with Crippen LogP contribution in [-0.4, -0.2) is 26.3 Å². The van der Waals surface area contributed by atoms with Crippen LogP contribution in [0.1, 0.15) is 15.9 Å². The largest absolute Gasteiger partial charge is 0.493 e. The molecule has 2 aromatic rings. The van der Waals surface area contributed by atoms with Crippen molar-refractivity contribution in [3.8, 4) is 11.5 Å². The van der Waals surface area contributed by atoms with Crippen LogP contribution in [0.3, 0.4) is 0 Å². The Hall–Kier alpha value is -2.53. The van der Waals surface area contributed by atoms with Gasteiger partial charge in [0.25, 0.3) is 5.91 Å². The number of nitrogens with zero attached hydrogens (tertiary/aromatic N) is 1. The van der Waals surface area contributed by atoms with Crippen LogP contribution in [0.15, 0.2) is 47.6 Å². The van der Waals surface area contributed by atoms with E-state index in [4.69, 9.17) is 21.1 Å². The van der Waals surface area contributed by atoms with Crippen LogP contribution >= 0.6 is 11.6 Å². The van der Waals surface area contributed by atoms with Crippen molar-refractivity contribution in [2.45, 2.75) is 0 Å². The number of rotatable bonds is 5. The molecule has 0 fully saturated rings. The van der Waals surface area contributed by atoms with Gasteiger partial charge in [-0.15, -0.1) is 0 Å². The normalized spacial score (nSPS) is 10.5. The van der Waals surface area contributed by atoms with Crippen LogP contribution in [-0.2, 0) is 0 Å². The molecule has 1 N–H and O–H groups in total. The fourth-order valence-electron chi connectivity index (χ4n) is 1.79. The first-order valence-electron chi connectivity index (χ1n) is 6.45. The molecule has 0 spiro atoms. The van der Waals surface area contributed by atoms with Crippen molar-refractivity contribution in [2.75, 3.05) is 14.2 Å². The van der Waals surface area contributed by atoms with Crippen molar-refractivity contribution >= 4 is 23.7 Å². The first-order chi connectivity index (χ1) is 10.6. The summed E-state index contributed by atoms with van der Waals surface area (Å²) in [4.78, 5) is 12.0. The van der Waals surface area contributed by atoms with Gasteiger partial charge in [-0.1, -0.05) is 23.7 Å². The number of benzene rings is 2. The smallest absolute Gasteiger partial charge is 0.271 e. The summed E-state index contributed by atoms with van der Waals surface area (Å²) in [5.41, 5.74) is 3.66. The molecule has 1 amide bonds.